The summed E-state index contributed by atoms with van der Waals surface area (Å²) in [7, 11) is 0. The highest BCUT2D eigenvalue weighted by atomic mass is 79.9. The number of hydrogen-bond acceptors (Lipinski definition) is 4. The van der Waals surface area contributed by atoms with E-state index in [4.69, 9.17) is 4.74 Å². The highest BCUT2D eigenvalue weighted by molar-refractivity contribution is 9.10. The van der Waals surface area contributed by atoms with Crippen LogP contribution in [-0.2, 0) is 10.3 Å². The maximum atomic E-state index is 12.3. The van der Waals surface area contributed by atoms with Gasteiger partial charge in [0, 0.05) is 24.8 Å². The third-order valence-electron chi connectivity index (χ3n) is 3.98. The average Bonchev–Trinajstić information content (AvgIpc) is 2.42. The van der Waals surface area contributed by atoms with Crippen LogP contribution in [0.15, 0.2) is 22.9 Å². The second-order valence-electron chi connectivity index (χ2n) is 7.08. The lowest BCUT2D eigenvalue weighted by atomic mass is 9.85. The molecule has 1 aromatic rings. The second kappa shape index (κ2) is 7.18. The summed E-state index contributed by atoms with van der Waals surface area (Å²) in [5, 5.41) is 11.0. The van der Waals surface area contributed by atoms with Crippen LogP contribution >= 0.6 is 15.9 Å². The Hall–Kier alpha value is -1.14. The van der Waals surface area contributed by atoms with Crippen molar-refractivity contribution in [1.29, 1.82) is 0 Å². The van der Waals surface area contributed by atoms with Crippen molar-refractivity contribution < 1.29 is 14.6 Å². The molecule has 1 aliphatic heterocycles. The summed E-state index contributed by atoms with van der Waals surface area (Å²) in [6.07, 6.45) is 4.25. The molecular weight excluding hydrogens is 360 g/mol. The molecule has 1 N–H and O–H groups in total. The van der Waals surface area contributed by atoms with Gasteiger partial charge in [-0.1, -0.05) is 6.07 Å². The Morgan fingerprint density at radius 1 is 1.30 bits per heavy atom. The van der Waals surface area contributed by atoms with Crippen LogP contribution in [0, 0.1) is 0 Å². The Bertz CT molecular complexity index is 542. The zero-order valence-corrected chi connectivity index (χ0v) is 15.6. The fourth-order valence-corrected chi connectivity index (χ4v) is 2.96. The van der Waals surface area contributed by atoms with Crippen molar-refractivity contribution in [2.75, 3.05) is 13.1 Å². The number of aliphatic hydroxyl groups is 1. The van der Waals surface area contributed by atoms with Gasteiger partial charge in [-0.05, 0) is 68.5 Å². The number of halogens is 1. The molecule has 5 nitrogen and oxygen atoms in total. The van der Waals surface area contributed by atoms with Gasteiger partial charge in [0.05, 0.1) is 5.60 Å². The zero-order chi connectivity index (χ0) is 17.1. The minimum absolute atomic E-state index is 0.310. The molecule has 1 fully saturated rings. The fourth-order valence-electron chi connectivity index (χ4n) is 2.73. The SMILES string of the molecule is CC(C)(C)OC(=O)N1CCCCC(O)(c2ccc(Br)nc2)CC1. The van der Waals surface area contributed by atoms with E-state index in [-0.39, 0.29) is 6.09 Å². The topological polar surface area (TPSA) is 62.7 Å². The largest absolute Gasteiger partial charge is 0.444 e. The van der Waals surface area contributed by atoms with Crippen LogP contribution in [0.3, 0.4) is 0 Å². The molecule has 128 valence electrons. The number of pyridine rings is 1. The lowest BCUT2D eigenvalue weighted by Crippen LogP contribution is -2.42. The smallest absolute Gasteiger partial charge is 0.410 e. The molecule has 1 saturated heterocycles. The van der Waals surface area contributed by atoms with E-state index < -0.39 is 11.2 Å². The Labute approximate surface area is 146 Å². The predicted molar refractivity (Wildman–Crippen MR) is 92.1 cm³/mol. The highest BCUT2D eigenvalue weighted by Crippen LogP contribution is 2.33. The van der Waals surface area contributed by atoms with Crippen LogP contribution in [0.2, 0.25) is 0 Å². The summed E-state index contributed by atoms with van der Waals surface area (Å²) in [5.41, 5.74) is -0.661. The van der Waals surface area contributed by atoms with Gasteiger partial charge in [0.15, 0.2) is 0 Å². The first-order valence-corrected chi connectivity index (χ1v) is 8.81. The van der Waals surface area contributed by atoms with Crippen molar-refractivity contribution in [2.45, 2.75) is 57.7 Å². The number of carbonyl (C=O) groups is 1. The average molecular weight is 385 g/mol. The predicted octanol–water partition coefficient (Wildman–Crippen LogP) is 3.84. The van der Waals surface area contributed by atoms with Crippen molar-refractivity contribution in [2.24, 2.45) is 0 Å². The number of hydrogen-bond donors (Lipinski definition) is 1. The second-order valence-corrected chi connectivity index (χ2v) is 7.89. The molecule has 1 amide bonds. The third-order valence-corrected chi connectivity index (χ3v) is 4.45. The first-order chi connectivity index (χ1) is 10.7. The Balaban J connectivity index is 2.09. The van der Waals surface area contributed by atoms with Crippen molar-refractivity contribution in [1.82, 2.24) is 9.88 Å². The Kier molecular flexibility index (Phi) is 5.68. The van der Waals surface area contributed by atoms with E-state index in [0.717, 1.165) is 23.0 Å². The molecule has 0 aromatic carbocycles. The third kappa shape index (κ3) is 5.18. The van der Waals surface area contributed by atoms with Crippen molar-refractivity contribution >= 4 is 22.0 Å². The van der Waals surface area contributed by atoms with Gasteiger partial charge >= 0.3 is 6.09 Å². The van der Waals surface area contributed by atoms with Gasteiger partial charge in [-0.25, -0.2) is 9.78 Å². The molecule has 2 rings (SSSR count). The van der Waals surface area contributed by atoms with Gasteiger partial charge in [-0.2, -0.15) is 0 Å². The molecule has 0 aliphatic carbocycles. The van der Waals surface area contributed by atoms with Gasteiger partial charge in [0.25, 0.3) is 0 Å². The summed E-state index contributed by atoms with van der Waals surface area (Å²) < 4.78 is 6.19. The van der Waals surface area contributed by atoms with Gasteiger partial charge in [-0.3, -0.25) is 0 Å². The lowest BCUT2D eigenvalue weighted by Gasteiger charge is -2.35. The van der Waals surface area contributed by atoms with E-state index in [2.05, 4.69) is 20.9 Å². The van der Waals surface area contributed by atoms with E-state index in [1.54, 1.807) is 11.1 Å². The van der Waals surface area contributed by atoms with Crippen LogP contribution in [0.4, 0.5) is 4.79 Å². The molecule has 6 heteroatoms. The Morgan fingerprint density at radius 2 is 2.04 bits per heavy atom. The minimum atomic E-state index is -0.950. The summed E-state index contributed by atoms with van der Waals surface area (Å²) in [6.45, 7) is 6.72. The minimum Gasteiger partial charge on any atom is -0.444 e. The van der Waals surface area contributed by atoms with E-state index >= 15 is 0 Å². The number of likely N-dealkylation sites (tertiary alicyclic amines) is 1. The molecule has 0 spiro atoms. The number of rotatable bonds is 1. The van der Waals surface area contributed by atoms with Crippen LogP contribution in [-0.4, -0.2) is 39.8 Å². The molecule has 0 radical (unpaired) electrons. The molecule has 0 saturated carbocycles. The monoisotopic (exact) mass is 384 g/mol. The molecule has 1 aliphatic rings. The van der Waals surface area contributed by atoms with Gasteiger partial charge < -0.3 is 14.7 Å². The number of carbonyl (C=O) groups excluding carboxylic acids is 1. The maximum absolute atomic E-state index is 12.3. The van der Waals surface area contributed by atoms with E-state index in [0.29, 0.717) is 25.9 Å². The first kappa shape index (κ1) is 18.2. The first-order valence-electron chi connectivity index (χ1n) is 8.02. The van der Waals surface area contributed by atoms with E-state index in [9.17, 15) is 9.90 Å². The standard InChI is InChI=1S/C17H25BrN2O3/c1-16(2,3)23-15(21)20-10-5-4-8-17(22,9-11-20)13-6-7-14(18)19-12-13/h6-7,12,22H,4-5,8-11H2,1-3H3. The highest BCUT2D eigenvalue weighted by Gasteiger charge is 2.33. The normalized spacial score (nSPS) is 23.1. The molecule has 2 heterocycles. The summed E-state index contributed by atoms with van der Waals surface area (Å²) >= 11 is 3.31. The molecule has 23 heavy (non-hydrogen) atoms. The lowest BCUT2D eigenvalue weighted by molar-refractivity contribution is -0.0128. The van der Waals surface area contributed by atoms with Gasteiger partial charge in [0.2, 0.25) is 0 Å². The van der Waals surface area contributed by atoms with Gasteiger partial charge in [-0.15, -0.1) is 0 Å². The van der Waals surface area contributed by atoms with E-state index in [1.165, 1.54) is 0 Å². The maximum Gasteiger partial charge on any atom is 0.410 e. The van der Waals surface area contributed by atoms with Crippen LogP contribution < -0.4 is 0 Å². The fraction of sp³-hybridized carbons (Fsp3) is 0.647. The van der Waals surface area contributed by atoms with Crippen molar-refractivity contribution in [3.8, 4) is 0 Å². The molecule has 1 aromatic heterocycles. The van der Waals surface area contributed by atoms with E-state index in [1.807, 2.05) is 32.9 Å². The summed E-state index contributed by atoms with van der Waals surface area (Å²) in [6, 6.07) is 3.72. The molecule has 0 bridgehead atoms. The zero-order valence-electron chi connectivity index (χ0n) is 14.0. The summed E-state index contributed by atoms with van der Waals surface area (Å²) in [4.78, 5) is 18.2. The number of amides is 1. The molecule has 1 atom stereocenters. The van der Waals surface area contributed by atoms with Crippen molar-refractivity contribution in [3.63, 3.8) is 0 Å². The number of nitrogens with zero attached hydrogens (tertiary/aromatic N) is 2. The summed E-state index contributed by atoms with van der Waals surface area (Å²) in [5.74, 6) is 0. The quantitative estimate of drug-likeness (QED) is 0.746. The van der Waals surface area contributed by atoms with Crippen LogP contribution in [0.25, 0.3) is 0 Å². The number of aromatic nitrogens is 1. The van der Waals surface area contributed by atoms with Crippen LogP contribution in [0.1, 0.15) is 52.0 Å². The van der Waals surface area contributed by atoms with Crippen molar-refractivity contribution in [3.05, 3.63) is 28.5 Å². The molecular formula is C17H25BrN2O3. The molecule has 1 unspecified atom stereocenters. The van der Waals surface area contributed by atoms with Gasteiger partial charge in [0.1, 0.15) is 10.2 Å². The Morgan fingerprint density at radius 3 is 2.65 bits per heavy atom. The van der Waals surface area contributed by atoms with Crippen LogP contribution in [0.5, 0.6) is 0 Å². The number of ether oxygens (including phenoxy) is 1.